The van der Waals surface area contributed by atoms with Crippen molar-refractivity contribution in [2.45, 2.75) is 50.8 Å². The van der Waals surface area contributed by atoms with E-state index in [-0.39, 0.29) is 6.10 Å². The van der Waals surface area contributed by atoms with Crippen molar-refractivity contribution in [3.05, 3.63) is 34.3 Å². The second kappa shape index (κ2) is 7.35. The molecule has 2 unspecified atom stereocenters. The molecule has 0 spiro atoms. The Balaban J connectivity index is 1.69. The number of hydrogen-bond acceptors (Lipinski definition) is 5. The van der Waals surface area contributed by atoms with Crippen LogP contribution in [0.1, 0.15) is 48.8 Å². The van der Waals surface area contributed by atoms with Gasteiger partial charge in [0.1, 0.15) is 0 Å². The second-order valence-corrected chi connectivity index (χ2v) is 7.07. The molecular weight excluding hydrogens is 296 g/mol. The van der Waals surface area contributed by atoms with Crippen molar-refractivity contribution in [1.82, 2.24) is 19.9 Å². The van der Waals surface area contributed by atoms with E-state index in [0.717, 1.165) is 36.5 Å². The van der Waals surface area contributed by atoms with Crippen molar-refractivity contribution < 1.29 is 5.11 Å². The van der Waals surface area contributed by atoms with Crippen LogP contribution >= 0.6 is 11.3 Å². The van der Waals surface area contributed by atoms with Crippen LogP contribution in [0.15, 0.2) is 23.7 Å². The molecule has 0 aromatic carbocycles. The molecule has 22 heavy (non-hydrogen) atoms. The molecule has 3 rings (SSSR count). The molecule has 6 heteroatoms. The summed E-state index contributed by atoms with van der Waals surface area (Å²) in [4.78, 5) is 3.58. The number of thiophene rings is 1. The number of rotatable bonds is 5. The number of likely N-dealkylation sites (tertiary alicyclic amines) is 1. The van der Waals surface area contributed by atoms with Crippen LogP contribution in [0.25, 0.3) is 0 Å². The lowest BCUT2D eigenvalue weighted by Gasteiger charge is -2.31. The average Bonchev–Trinajstić information content (AvgIpc) is 3.12. The van der Waals surface area contributed by atoms with E-state index in [1.807, 2.05) is 35.4 Å². The predicted molar refractivity (Wildman–Crippen MR) is 87.6 cm³/mol. The Morgan fingerprint density at radius 1 is 1.41 bits per heavy atom. The lowest BCUT2D eigenvalue weighted by atomic mass is 10.0. The normalized spacial score (nSPS) is 21.6. The number of aliphatic hydroxyl groups excluding tert-OH is 1. The van der Waals surface area contributed by atoms with E-state index in [2.05, 4.69) is 15.2 Å². The van der Waals surface area contributed by atoms with Gasteiger partial charge in [-0.3, -0.25) is 9.58 Å². The highest BCUT2D eigenvalue weighted by molar-refractivity contribution is 7.10. The monoisotopic (exact) mass is 320 g/mol. The third-order valence-electron chi connectivity index (χ3n) is 4.54. The zero-order valence-corrected chi connectivity index (χ0v) is 13.9. The fourth-order valence-corrected chi connectivity index (χ4v) is 3.95. The number of aliphatic hydroxyl groups is 1. The Kier molecular flexibility index (Phi) is 5.23. The first-order valence-corrected chi connectivity index (χ1v) is 8.91. The molecule has 0 radical (unpaired) electrons. The summed E-state index contributed by atoms with van der Waals surface area (Å²) >= 11 is 1.64. The Labute approximate surface area is 135 Å². The molecule has 1 aliphatic heterocycles. The molecule has 1 N–H and O–H groups in total. The minimum atomic E-state index is -0.352. The van der Waals surface area contributed by atoms with Gasteiger partial charge < -0.3 is 5.11 Å². The lowest BCUT2D eigenvalue weighted by Crippen LogP contribution is -2.36. The van der Waals surface area contributed by atoms with Gasteiger partial charge in [-0.15, -0.1) is 16.4 Å². The number of nitrogens with zero attached hydrogens (tertiary/aromatic N) is 4. The quantitative estimate of drug-likeness (QED) is 0.920. The summed E-state index contributed by atoms with van der Waals surface area (Å²) in [6.07, 6.45) is 7.23. The molecule has 0 saturated carbocycles. The Morgan fingerprint density at radius 2 is 2.32 bits per heavy atom. The van der Waals surface area contributed by atoms with Crippen LogP contribution in [0.5, 0.6) is 0 Å². The van der Waals surface area contributed by atoms with Crippen LogP contribution in [-0.2, 0) is 13.6 Å². The number of hydrogen-bond donors (Lipinski definition) is 1. The van der Waals surface area contributed by atoms with Gasteiger partial charge in [0, 0.05) is 24.5 Å². The lowest BCUT2D eigenvalue weighted by molar-refractivity contribution is 0.0982. The molecule has 2 atom stereocenters. The zero-order chi connectivity index (χ0) is 15.4. The topological polar surface area (TPSA) is 54.2 Å². The van der Waals surface area contributed by atoms with Crippen LogP contribution in [0, 0.1) is 0 Å². The van der Waals surface area contributed by atoms with Crippen molar-refractivity contribution >= 4 is 11.3 Å². The second-order valence-electron chi connectivity index (χ2n) is 6.09. The minimum absolute atomic E-state index is 0.352. The van der Waals surface area contributed by atoms with Crippen molar-refractivity contribution in [3.63, 3.8) is 0 Å². The average molecular weight is 320 g/mol. The fraction of sp³-hybridized carbons (Fsp3) is 0.625. The highest BCUT2D eigenvalue weighted by Crippen LogP contribution is 2.29. The summed E-state index contributed by atoms with van der Waals surface area (Å²) in [5.41, 5.74) is 1.14. The molecule has 1 aliphatic rings. The van der Waals surface area contributed by atoms with Crippen LogP contribution in [0.4, 0.5) is 0 Å². The minimum Gasteiger partial charge on any atom is -0.388 e. The number of aromatic nitrogens is 3. The Bertz CT molecular complexity index is 568. The van der Waals surface area contributed by atoms with Crippen molar-refractivity contribution in [1.29, 1.82) is 0 Å². The van der Waals surface area contributed by atoms with Gasteiger partial charge in [-0.1, -0.05) is 24.1 Å². The molecule has 3 heterocycles. The Hall–Kier alpha value is -1.24. The van der Waals surface area contributed by atoms with Gasteiger partial charge in [0.2, 0.25) is 0 Å². The van der Waals surface area contributed by atoms with Crippen molar-refractivity contribution in [2.24, 2.45) is 7.05 Å². The molecule has 2 aromatic rings. The van der Waals surface area contributed by atoms with Gasteiger partial charge in [0.05, 0.1) is 18.0 Å². The molecule has 0 bridgehead atoms. The standard InChI is InChI=1S/C16H24N4OS/c1-19-14(11-17-18-19)12-20-8-4-2-3-6-13(20)10-15(21)16-7-5-9-22-16/h5,7,9,11,13,15,21H,2-4,6,8,10,12H2,1H3. The molecule has 0 amide bonds. The summed E-state index contributed by atoms with van der Waals surface area (Å²) in [6.45, 7) is 1.96. The first kappa shape index (κ1) is 15.6. The van der Waals surface area contributed by atoms with E-state index in [4.69, 9.17) is 0 Å². The molecular formula is C16H24N4OS. The highest BCUT2D eigenvalue weighted by atomic mass is 32.1. The highest BCUT2D eigenvalue weighted by Gasteiger charge is 2.25. The van der Waals surface area contributed by atoms with Crippen LogP contribution < -0.4 is 0 Å². The molecule has 5 nitrogen and oxygen atoms in total. The maximum atomic E-state index is 10.5. The van der Waals surface area contributed by atoms with E-state index < -0.39 is 0 Å². The maximum Gasteiger partial charge on any atom is 0.0896 e. The van der Waals surface area contributed by atoms with Crippen molar-refractivity contribution in [2.75, 3.05) is 6.54 Å². The summed E-state index contributed by atoms with van der Waals surface area (Å²) in [6, 6.07) is 4.46. The van der Waals surface area contributed by atoms with Gasteiger partial charge in [0.15, 0.2) is 0 Å². The first-order chi connectivity index (χ1) is 10.7. The molecule has 1 saturated heterocycles. The van der Waals surface area contributed by atoms with Crippen LogP contribution in [0.3, 0.4) is 0 Å². The summed E-state index contributed by atoms with van der Waals surface area (Å²) in [5, 5.41) is 20.5. The van der Waals surface area contributed by atoms with E-state index in [9.17, 15) is 5.11 Å². The molecule has 0 aliphatic carbocycles. The number of aryl methyl sites for hydroxylation is 1. The smallest absolute Gasteiger partial charge is 0.0896 e. The van der Waals surface area contributed by atoms with Crippen LogP contribution in [0.2, 0.25) is 0 Å². The van der Waals surface area contributed by atoms with E-state index in [0.29, 0.717) is 6.04 Å². The predicted octanol–water partition coefficient (Wildman–Crippen LogP) is 2.74. The Morgan fingerprint density at radius 3 is 3.05 bits per heavy atom. The van der Waals surface area contributed by atoms with Gasteiger partial charge in [-0.05, 0) is 37.3 Å². The molecule has 2 aromatic heterocycles. The SMILES string of the molecule is Cn1nncc1CN1CCCCCC1CC(O)c1cccs1. The zero-order valence-electron chi connectivity index (χ0n) is 13.1. The van der Waals surface area contributed by atoms with E-state index in [1.54, 1.807) is 11.3 Å². The van der Waals surface area contributed by atoms with Gasteiger partial charge in [-0.2, -0.15) is 0 Å². The largest absolute Gasteiger partial charge is 0.388 e. The van der Waals surface area contributed by atoms with Gasteiger partial charge >= 0.3 is 0 Å². The summed E-state index contributed by atoms with van der Waals surface area (Å²) in [7, 11) is 1.94. The molecule has 120 valence electrons. The van der Waals surface area contributed by atoms with Gasteiger partial charge in [-0.25, -0.2) is 0 Å². The first-order valence-electron chi connectivity index (χ1n) is 8.03. The molecule has 1 fully saturated rings. The summed E-state index contributed by atoms with van der Waals surface area (Å²) < 4.78 is 1.84. The van der Waals surface area contributed by atoms with E-state index >= 15 is 0 Å². The van der Waals surface area contributed by atoms with Crippen molar-refractivity contribution in [3.8, 4) is 0 Å². The third-order valence-corrected chi connectivity index (χ3v) is 5.51. The fourth-order valence-electron chi connectivity index (χ4n) is 3.23. The maximum absolute atomic E-state index is 10.5. The van der Waals surface area contributed by atoms with E-state index in [1.165, 1.54) is 19.3 Å². The van der Waals surface area contributed by atoms with Gasteiger partial charge in [0.25, 0.3) is 0 Å². The van der Waals surface area contributed by atoms with Crippen LogP contribution in [-0.4, -0.2) is 37.6 Å². The third kappa shape index (κ3) is 3.74. The summed E-state index contributed by atoms with van der Waals surface area (Å²) in [5.74, 6) is 0.